The summed E-state index contributed by atoms with van der Waals surface area (Å²) in [6.45, 7) is 2.50. The van der Waals surface area contributed by atoms with Gasteiger partial charge in [-0.2, -0.15) is 0 Å². The fourth-order valence-electron chi connectivity index (χ4n) is 3.91. The number of aromatic nitrogens is 2. The Morgan fingerprint density at radius 1 is 1.26 bits per heavy atom. The fourth-order valence-corrected chi connectivity index (χ4v) is 3.91. The minimum Gasteiger partial charge on any atom is -0.378 e. The summed E-state index contributed by atoms with van der Waals surface area (Å²) in [5, 5.41) is 0. The highest BCUT2D eigenvalue weighted by Gasteiger charge is 2.42. The van der Waals surface area contributed by atoms with Crippen molar-refractivity contribution in [1.29, 1.82) is 0 Å². The smallest absolute Gasteiger partial charge is 0.0956 e. The summed E-state index contributed by atoms with van der Waals surface area (Å²) in [5.74, 6) is 0. The maximum absolute atomic E-state index is 6.04. The Labute approximate surface area is 114 Å². The average molecular weight is 262 g/mol. The third kappa shape index (κ3) is 2.01. The van der Waals surface area contributed by atoms with Crippen molar-refractivity contribution in [1.82, 2.24) is 9.55 Å². The summed E-state index contributed by atoms with van der Waals surface area (Å²) in [4.78, 5) is 4.64. The van der Waals surface area contributed by atoms with Crippen molar-refractivity contribution in [3.63, 3.8) is 0 Å². The van der Waals surface area contributed by atoms with E-state index >= 15 is 0 Å². The Kier molecular flexibility index (Phi) is 2.88. The zero-order valence-electron chi connectivity index (χ0n) is 11.4. The van der Waals surface area contributed by atoms with Crippen LogP contribution >= 0.6 is 0 Å². The minimum absolute atomic E-state index is 0.00522. The van der Waals surface area contributed by atoms with Crippen molar-refractivity contribution in [2.75, 3.05) is 19.8 Å². The van der Waals surface area contributed by atoms with Crippen LogP contribution in [-0.2, 0) is 22.3 Å². The molecule has 2 aliphatic heterocycles. The molecule has 0 N–H and O–H groups in total. The molecule has 4 heteroatoms. The van der Waals surface area contributed by atoms with E-state index in [2.05, 4.69) is 15.9 Å². The summed E-state index contributed by atoms with van der Waals surface area (Å²) in [6.07, 6.45) is 10.3. The van der Waals surface area contributed by atoms with Gasteiger partial charge >= 0.3 is 0 Å². The van der Waals surface area contributed by atoms with Gasteiger partial charge in [-0.25, -0.2) is 4.98 Å². The van der Waals surface area contributed by atoms with E-state index in [1.54, 1.807) is 0 Å². The van der Waals surface area contributed by atoms with E-state index < -0.39 is 0 Å². The Morgan fingerprint density at radius 2 is 2.21 bits per heavy atom. The van der Waals surface area contributed by atoms with E-state index in [4.69, 9.17) is 9.47 Å². The first-order valence-electron chi connectivity index (χ1n) is 7.63. The van der Waals surface area contributed by atoms with Crippen LogP contribution in [0.5, 0.6) is 0 Å². The number of hydrogen-bond acceptors (Lipinski definition) is 3. The highest BCUT2D eigenvalue weighted by atomic mass is 16.6. The van der Waals surface area contributed by atoms with Crippen LogP contribution in [0.4, 0.5) is 0 Å². The molecule has 0 aromatic carbocycles. The third-order valence-corrected chi connectivity index (χ3v) is 4.99. The summed E-state index contributed by atoms with van der Waals surface area (Å²) in [7, 11) is 0. The molecule has 1 aliphatic carbocycles. The van der Waals surface area contributed by atoms with Gasteiger partial charge in [-0.15, -0.1) is 0 Å². The van der Waals surface area contributed by atoms with Gasteiger partial charge in [-0.05, 0) is 38.5 Å². The summed E-state index contributed by atoms with van der Waals surface area (Å²) >= 11 is 0. The molecule has 0 radical (unpaired) electrons. The maximum Gasteiger partial charge on any atom is 0.0956 e. The quantitative estimate of drug-likeness (QED) is 0.779. The number of hydrogen-bond donors (Lipinski definition) is 0. The van der Waals surface area contributed by atoms with Crippen LogP contribution in [0.1, 0.15) is 49.5 Å². The normalized spacial score (nSPS) is 34.6. The first-order valence-corrected chi connectivity index (χ1v) is 7.63. The van der Waals surface area contributed by atoms with Crippen molar-refractivity contribution in [3.05, 3.63) is 17.7 Å². The Hall–Kier alpha value is -0.870. The molecule has 4 rings (SSSR count). The van der Waals surface area contributed by atoms with Gasteiger partial charge in [0.25, 0.3) is 0 Å². The van der Waals surface area contributed by atoms with Gasteiger partial charge in [0.1, 0.15) is 0 Å². The average Bonchev–Trinajstić information content (AvgIpc) is 3.06. The number of aryl methyl sites for hydroxylation is 1. The number of ether oxygens (including phenoxy) is 2. The molecule has 19 heavy (non-hydrogen) atoms. The second-order valence-corrected chi connectivity index (χ2v) is 6.23. The number of imidazole rings is 1. The number of rotatable bonds is 1. The van der Waals surface area contributed by atoms with E-state index in [0.717, 1.165) is 39.1 Å². The van der Waals surface area contributed by atoms with E-state index in [9.17, 15) is 0 Å². The van der Waals surface area contributed by atoms with Gasteiger partial charge in [-0.1, -0.05) is 0 Å². The van der Waals surface area contributed by atoms with Crippen molar-refractivity contribution in [2.45, 2.75) is 56.6 Å². The minimum atomic E-state index is -0.00522. The molecule has 3 heterocycles. The van der Waals surface area contributed by atoms with Crippen LogP contribution in [0.25, 0.3) is 0 Å². The van der Waals surface area contributed by atoms with Crippen LogP contribution < -0.4 is 0 Å². The zero-order valence-corrected chi connectivity index (χ0v) is 11.4. The van der Waals surface area contributed by atoms with Crippen molar-refractivity contribution in [3.8, 4) is 0 Å². The molecule has 0 saturated carbocycles. The lowest BCUT2D eigenvalue weighted by Gasteiger charge is -2.38. The van der Waals surface area contributed by atoms with Crippen LogP contribution in [0.15, 0.2) is 6.33 Å². The molecular weight excluding hydrogens is 240 g/mol. The van der Waals surface area contributed by atoms with E-state index in [0.29, 0.717) is 6.04 Å². The number of nitrogens with zero attached hydrogens (tertiary/aromatic N) is 2. The van der Waals surface area contributed by atoms with Gasteiger partial charge < -0.3 is 14.0 Å². The second-order valence-electron chi connectivity index (χ2n) is 6.23. The SMILES string of the molecule is c1nc2c(n1C1CCOC3(CCOC3)C1)CCCC2. The molecule has 1 spiro atoms. The van der Waals surface area contributed by atoms with Crippen molar-refractivity contribution in [2.24, 2.45) is 0 Å². The molecule has 1 aromatic rings. The van der Waals surface area contributed by atoms with Gasteiger partial charge in [0.2, 0.25) is 0 Å². The Bertz CT molecular complexity index is 463. The molecule has 2 fully saturated rings. The Morgan fingerprint density at radius 3 is 3.11 bits per heavy atom. The molecule has 1 aromatic heterocycles. The predicted molar refractivity (Wildman–Crippen MR) is 71.3 cm³/mol. The van der Waals surface area contributed by atoms with E-state index in [1.165, 1.54) is 37.1 Å². The zero-order chi connectivity index (χ0) is 12.7. The molecular formula is C15H22N2O2. The van der Waals surface area contributed by atoms with Crippen LogP contribution in [0, 0.1) is 0 Å². The van der Waals surface area contributed by atoms with Crippen molar-refractivity contribution >= 4 is 0 Å². The van der Waals surface area contributed by atoms with Crippen LogP contribution in [0.3, 0.4) is 0 Å². The monoisotopic (exact) mass is 262 g/mol. The number of fused-ring (bicyclic) bond motifs is 1. The first-order chi connectivity index (χ1) is 9.36. The van der Waals surface area contributed by atoms with Gasteiger partial charge in [0, 0.05) is 31.4 Å². The van der Waals surface area contributed by atoms with Gasteiger partial charge in [0.15, 0.2) is 0 Å². The lowest BCUT2D eigenvalue weighted by molar-refractivity contribution is -0.0951. The van der Waals surface area contributed by atoms with E-state index in [-0.39, 0.29) is 5.60 Å². The maximum atomic E-state index is 6.04. The van der Waals surface area contributed by atoms with Crippen LogP contribution in [0.2, 0.25) is 0 Å². The third-order valence-electron chi connectivity index (χ3n) is 4.99. The molecule has 2 saturated heterocycles. The molecule has 0 bridgehead atoms. The first kappa shape index (κ1) is 11.9. The van der Waals surface area contributed by atoms with Gasteiger partial charge in [-0.3, -0.25) is 0 Å². The Balaban J connectivity index is 1.60. The topological polar surface area (TPSA) is 36.3 Å². The lowest BCUT2D eigenvalue weighted by Crippen LogP contribution is -2.41. The van der Waals surface area contributed by atoms with E-state index in [1.807, 2.05) is 0 Å². The standard InChI is InChI=1S/C15H22N2O2/c1-2-4-14-13(3-1)16-11-17(14)12-5-7-19-15(9-12)6-8-18-10-15/h11-12H,1-10H2. The molecule has 0 amide bonds. The predicted octanol–water partition coefficient (Wildman–Crippen LogP) is 2.27. The summed E-state index contributed by atoms with van der Waals surface area (Å²) < 4.78 is 14.1. The molecule has 4 nitrogen and oxygen atoms in total. The van der Waals surface area contributed by atoms with Gasteiger partial charge in [0.05, 0.1) is 24.2 Å². The fraction of sp³-hybridized carbons (Fsp3) is 0.800. The molecule has 2 unspecified atom stereocenters. The molecule has 104 valence electrons. The molecule has 2 atom stereocenters. The lowest BCUT2D eigenvalue weighted by atomic mass is 9.89. The van der Waals surface area contributed by atoms with Crippen LogP contribution in [-0.4, -0.2) is 35.0 Å². The summed E-state index contributed by atoms with van der Waals surface area (Å²) in [5.41, 5.74) is 2.83. The largest absolute Gasteiger partial charge is 0.378 e. The summed E-state index contributed by atoms with van der Waals surface area (Å²) in [6, 6.07) is 0.560. The highest BCUT2D eigenvalue weighted by molar-refractivity contribution is 5.17. The van der Waals surface area contributed by atoms with Crippen molar-refractivity contribution < 1.29 is 9.47 Å². The molecule has 3 aliphatic rings. The highest BCUT2D eigenvalue weighted by Crippen LogP contribution is 2.39. The second kappa shape index (κ2) is 4.60.